The number of methoxy groups -OCH3 is 1. The van der Waals surface area contributed by atoms with Crippen molar-refractivity contribution in [2.75, 3.05) is 20.3 Å². The average molecular weight is 619 g/mol. The van der Waals surface area contributed by atoms with E-state index in [1.807, 2.05) is 0 Å². The van der Waals surface area contributed by atoms with Gasteiger partial charge in [-0.3, -0.25) is 19.2 Å². The molecule has 2 rings (SSSR count). The van der Waals surface area contributed by atoms with Gasteiger partial charge in [-0.1, -0.05) is 17.2 Å². The summed E-state index contributed by atoms with van der Waals surface area (Å²) in [5.41, 5.74) is 8.48. The maximum absolute atomic E-state index is 14.4. The normalized spacial score (nSPS) is 22.6. The molecule has 0 radical (unpaired) electrons. The molecule has 1 aromatic carbocycles. The van der Waals surface area contributed by atoms with Crippen molar-refractivity contribution in [3.63, 3.8) is 0 Å². The predicted molar refractivity (Wildman–Crippen MR) is 134 cm³/mol. The van der Waals surface area contributed by atoms with Crippen LogP contribution in [0.1, 0.15) is 32.8 Å². The summed E-state index contributed by atoms with van der Waals surface area (Å²) in [6, 6.07) is 1.50. The molecule has 0 saturated carbocycles. The fourth-order valence-electron chi connectivity index (χ4n) is 4.32. The summed E-state index contributed by atoms with van der Waals surface area (Å²) < 4.78 is 73.9. The van der Waals surface area contributed by atoms with Gasteiger partial charge in [-0.2, -0.15) is 0 Å². The van der Waals surface area contributed by atoms with Crippen LogP contribution in [-0.4, -0.2) is 86.4 Å². The minimum atomic E-state index is -2.65. The summed E-state index contributed by atoms with van der Waals surface area (Å²) >= 11 is 0. The van der Waals surface area contributed by atoms with Crippen LogP contribution >= 0.6 is 0 Å². The van der Waals surface area contributed by atoms with Crippen molar-refractivity contribution >= 4 is 29.8 Å². The van der Waals surface area contributed by atoms with Crippen molar-refractivity contribution in [1.82, 2.24) is 5.32 Å². The van der Waals surface area contributed by atoms with Crippen LogP contribution in [0.3, 0.4) is 0 Å². The first-order valence-corrected chi connectivity index (χ1v) is 12.5. The molecule has 0 spiro atoms. The average Bonchev–Trinajstić information content (AvgIpc) is 2.94. The van der Waals surface area contributed by atoms with Crippen LogP contribution in [0.4, 0.5) is 13.2 Å². The van der Waals surface area contributed by atoms with Gasteiger partial charge in [0.2, 0.25) is 0 Å². The number of nitrogens with one attached hydrogen (secondary N) is 1. The summed E-state index contributed by atoms with van der Waals surface area (Å²) in [5.74, 6) is -10.7. The van der Waals surface area contributed by atoms with Crippen molar-refractivity contribution in [3.8, 4) is 0 Å². The standard InChI is InChI=1S/C25H29F3N4O11/c1-12(33)40-17-8-25(24(37)38-4,39-11-15-6-5-7-16(27)20(15)28)43-23(21(17)31-19(36)9-26)22(42-14(3)35)18(10-30-32-29)41-13(2)34/h5-7,17-18,21-23H,8-11H2,1-4H3,(H,31,36)/t17-,18+,21+,22+,23+,25-/m0/s1. The van der Waals surface area contributed by atoms with Gasteiger partial charge in [0.1, 0.15) is 18.3 Å². The topological polar surface area (TPSA) is 202 Å². The smallest absolute Gasteiger partial charge is 0.366 e. The lowest BCUT2D eigenvalue weighted by Gasteiger charge is -2.48. The van der Waals surface area contributed by atoms with Gasteiger partial charge in [-0.15, -0.1) is 0 Å². The van der Waals surface area contributed by atoms with Gasteiger partial charge in [0.05, 0.1) is 32.7 Å². The zero-order valence-electron chi connectivity index (χ0n) is 23.4. The SMILES string of the molecule is COC(=O)[C@]1(OCc2cccc(F)c2F)C[C@H](OC(C)=O)[C@@H](NC(=O)CF)[C@H]([C@H](OC(C)=O)[C@@H](CN=[N+]=[N-])OC(C)=O)O1. The van der Waals surface area contributed by atoms with E-state index in [1.165, 1.54) is 0 Å². The molecule has 18 heteroatoms. The second kappa shape index (κ2) is 15.7. The first-order valence-electron chi connectivity index (χ1n) is 12.5. The van der Waals surface area contributed by atoms with Crippen LogP contribution in [0.25, 0.3) is 10.4 Å². The van der Waals surface area contributed by atoms with Crippen LogP contribution in [0.2, 0.25) is 0 Å². The van der Waals surface area contributed by atoms with Gasteiger partial charge < -0.3 is 33.7 Å². The fourth-order valence-corrected chi connectivity index (χ4v) is 4.32. The first kappa shape index (κ1) is 34.8. The Morgan fingerprint density at radius 1 is 1.14 bits per heavy atom. The molecule has 1 saturated heterocycles. The highest BCUT2D eigenvalue weighted by Crippen LogP contribution is 2.38. The molecule has 6 atom stereocenters. The molecule has 0 unspecified atom stereocenters. The third-order valence-electron chi connectivity index (χ3n) is 5.94. The summed E-state index contributed by atoms with van der Waals surface area (Å²) in [6.45, 7) is -0.217. The second-order valence-corrected chi connectivity index (χ2v) is 9.04. The molecule has 43 heavy (non-hydrogen) atoms. The number of benzene rings is 1. The number of carbonyl (C=O) groups is 5. The van der Waals surface area contributed by atoms with Crippen molar-refractivity contribution in [1.29, 1.82) is 0 Å². The maximum Gasteiger partial charge on any atom is 0.366 e. The number of ether oxygens (including phenoxy) is 6. The molecule has 0 bridgehead atoms. The van der Waals surface area contributed by atoms with Gasteiger partial charge in [-0.05, 0) is 11.6 Å². The van der Waals surface area contributed by atoms with E-state index in [1.54, 1.807) is 0 Å². The van der Waals surface area contributed by atoms with Gasteiger partial charge in [0.25, 0.3) is 11.7 Å². The Bertz CT molecular complexity index is 1260. The second-order valence-electron chi connectivity index (χ2n) is 9.04. The molecule has 1 heterocycles. The predicted octanol–water partition coefficient (Wildman–Crippen LogP) is 1.70. The van der Waals surface area contributed by atoms with E-state index in [-0.39, 0.29) is 5.56 Å². The number of alkyl halides is 1. The molecule has 236 valence electrons. The van der Waals surface area contributed by atoms with Gasteiger partial charge >= 0.3 is 23.9 Å². The highest BCUT2D eigenvalue weighted by Gasteiger charge is 2.59. The van der Waals surface area contributed by atoms with Gasteiger partial charge in [0.15, 0.2) is 24.4 Å². The lowest BCUT2D eigenvalue weighted by Crippen LogP contribution is -2.69. The zero-order chi connectivity index (χ0) is 32.3. The van der Waals surface area contributed by atoms with Crippen LogP contribution in [-0.2, 0) is 59.0 Å². The summed E-state index contributed by atoms with van der Waals surface area (Å²) in [4.78, 5) is 64.2. The molecular formula is C25H29F3N4O11. The van der Waals surface area contributed by atoms with Gasteiger partial charge in [0, 0.05) is 31.2 Å². The number of hydrogen-bond donors (Lipinski definition) is 1. The molecule has 1 aliphatic heterocycles. The van der Waals surface area contributed by atoms with E-state index in [0.717, 1.165) is 46.1 Å². The number of nitrogens with zero attached hydrogens (tertiary/aromatic N) is 3. The van der Waals surface area contributed by atoms with Gasteiger partial charge in [-0.25, -0.2) is 18.0 Å². The quantitative estimate of drug-likeness (QED) is 0.111. The molecule has 1 fully saturated rings. The summed E-state index contributed by atoms with van der Waals surface area (Å²) in [7, 11) is 0.916. The zero-order valence-corrected chi connectivity index (χ0v) is 23.4. The van der Waals surface area contributed by atoms with E-state index in [9.17, 15) is 37.1 Å². The first-order chi connectivity index (χ1) is 20.3. The number of azide groups is 1. The van der Waals surface area contributed by atoms with Crippen LogP contribution in [0.5, 0.6) is 0 Å². The Hall–Kier alpha value is -4.41. The largest absolute Gasteiger partial charge is 0.465 e. The molecule has 1 N–H and O–H groups in total. The molecule has 0 aromatic heterocycles. The molecule has 1 aliphatic rings. The number of carbonyl (C=O) groups excluding carboxylic acids is 5. The van der Waals surface area contributed by atoms with E-state index in [2.05, 4.69) is 15.3 Å². The molecule has 1 amide bonds. The van der Waals surface area contributed by atoms with E-state index >= 15 is 0 Å². The summed E-state index contributed by atoms with van der Waals surface area (Å²) in [6.07, 6.45) is -7.80. The molecule has 0 aliphatic carbocycles. The third kappa shape index (κ3) is 9.29. The Morgan fingerprint density at radius 2 is 1.81 bits per heavy atom. The van der Waals surface area contributed by atoms with Crippen LogP contribution < -0.4 is 5.32 Å². The minimum absolute atomic E-state index is 0.377. The Labute approximate surface area is 242 Å². The number of amides is 1. The maximum atomic E-state index is 14.4. The highest BCUT2D eigenvalue weighted by atomic mass is 19.2. The lowest BCUT2D eigenvalue weighted by atomic mass is 9.87. The van der Waals surface area contributed by atoms with Crippen molar-refractivity contribution in [2.45, 2.75) is 70.0 Å². The molecule has 15 nitrogen and oxygen atoms in total. The summed E-state index contributed by atoms with van der Waals surface area (Å²) in [5, 5.41) is 5.53. The van der Waals surface area contributed by atoms with Crippen molar-refractivity contribution in [3.05, 3.63) is 45.8 Å². The third-order valence-corrected chi connectivity index (χ3v) is 5.94. The van der Waals surface area contributed by atoms with E-state index in [0.29, 0.717) is 0 Å². The number of hydrogen-bond acceptors (Lipinski definition) is 12. The highest BCUT2D eigenvalue weighted by molar-refractivity contribution is 5.79. The van der Waals surface area contributed by atoms with Crippen molar-refractivity contribution < 1.29 is 65.6 Å². The lowest BCUT2D eigenvalue weighted by molar-refractivity contribution is -0.317. The number of esters is 4. The molecule has 1 aromatic rings. The fraction of sp³-hybridized carbons (Fsp3) is 0.560. The van der Waals surface area contributed by atoms with E-state index in [4.69, 9.17) is 34.0 Å². The number of halogens is 3. The minimum Gasteiger partial charge on any atom is -0.465 e. The Balaban J connectivity index is 2.77. The Kier molecular flexibility index (Phi) is 12.7. The monoisotopic (exact) mass is 618 g/mol. The van der Waals surface area contributed by atoms with Crippen molar-refractivity contribution in [2.24, 2.45) is 5.11 Å². The number of rotatable bonds is 13. The van der Waals surface area contributed by atoms with E-state index < -0.39 is 104 Å². The Morgan fingerprint density at radius 3 is 2.37 bits per heavy atom. The van der Waals surface area contributed by atoms with Crippen LogP contribution in [0.15, 0.2) is 23.3 Å². The molecular weight excluding hydrogens is 589 g/mol. The van der Waals surface area contributed by atoms with Crippen LogP contribution in [0, 0.1) is 11.6 Å².